The van der Waals surface area contributed by atoms with E-state index in [4.69, 9.17) is 23.4 Å². The number of carbonyl (C=O) groups is 2. The lowest BCUT2D eigenvalue weighted by molar-refractivity contribution is -0.145. The van der Waals surface area contributed by atoms with Gasteiger partial charge in [-0.1, -0.05) is 30.3 Å². The molecule has 1 fully saturated rings. The quantitative estimate of drug-likeness (QED) is 0.253. The standard InChI is InChI=1S/C33H34N2O9/c1-3-41-32(39)21-43-29-15-23(9-10-27(29)40-2)28-18-26(37)33-25(36)16-24(17-30(33)44-28)42-20-31(38)35-13-11-34(12-14-35)19-22-7-5-4-6-8-22/h4-10,15-18,36H,3,11-14,19-21H2,1-2H3. The highest BCUT2D eigenvalue weighted by Gasteiger charge is 2.22. The number of rotatable bonds is 11. The van der Waals surface area contributed by atoms with Crippen LogP contribution in [0.5, 0.6) is 23.0 Å². The van der Waals surface area contributed by atoms with Crippen molar-refractivity contribution < 1.29 is 38.1 Å². The normalized spacial score (nSPS) is 13.5. The number of aromatic hydroxyl groups is 1. The van der Waals surface area contributed by atoms with Gasteiger partial charge in [0, 0.05) is 56.5 Å². The molecule has 230 valence electrons. The van der Waals surface area contributed by atoms with Crippen LogP contribution in [0.1, 0.15) is 12.5 Å². The van der Waals surface area contributed by atoms with Crippen LogP contribution >= 0.6 is 0 Å². The minimum absolute atomic E-state index is 0.0192. The Hall–Kier alpha value is -5.03. The highest BCUT2D eigenvalue weighted by Crippen LogP contribution is 2.35. The first-order valence-electron chi connectivity index (χ1n) is 14.3. The maximum absolute atomic E-state index is 13.0. The zero-order valence-electron chi connectivity index (χ0n) is 24.6. The summed E-state index contributed by atoms with van der Waals surface area (Å²) in [5, 5.41) is 10.6. The molecule has 1 amide bonds. The lowest BCUT2D eigenvalue weighted by Crippen LogP contribution is -2.49. The smallest absolute Gasteiger partial charge is 0.344 e. The molecule has 1 aliphatic heterocycles. The number of ether oxygens (including phenoxy) is 4. The van der Waals surface area contributed by atoms with Crippen LogP contribution in [0, 0.1) is 0 Å². The predicted molar refractivity (Wildman–Crippen MR) is 162 cm³/mol. The molecule has 11 heteroatoms. The van der Waals surface area contributed by atoms with E-state index in [1.165, 1.54) is 30.9 Å². The molecule has 1 aromatic heterocycles. The number of methoxy groups -OCH3 is 1. The van der Waals surface area contributed by atoms with Gasteiger partial charge in [0.2, 0.25) is 0 Å². The van der Waals surface area contributed by atoms with Crippen LogP contribution in [0.2, 0.25) is 0 Å². The van der Waals surface area contributed by atoms with Gasteiger partial charge in [-0.2, -0.15) is 0 Å². The summed E-state index contributed by atoms with van der Waals surface area (Å²) >= 11 is 0. The van der Waals surface area contributed by atoms with Crippen molar-refractivity contribution in [3.63, 3.8) is 0 Å². The highest BCUT2D eigenvalue weighted by atomic mass is 16.6. The van der Waals surface area contributed by atoms with E-state index in [0.29, 0.717) is 24.4 Å². The van der Waals surface area contributed by atoms with E-state index in [1.807, 2.05) is 18.2 Å². The molecule has 0 bridgehead atoms. The maximum atomic E-state index is 13.0. The average molecular weight is 603 g/mol. The molecule has 0 aliphatic carbocycles. The first-order valence-corrected chi connectivity index (χ1v) is 14.3. The summed E-state index contributed by atoms with van der Waals surface area (Å²) in [7, 11) is 1.46. The Morgan fingerprint density at radius 3 is 2.41 bits per heavy atom. The molecule has 1 saturated heterocycles. The zero-order chi connectivity index (χ0) is 31.1. The molecular weight excluding hydrogens is 568 g/mol. The third-order valence-corrected chi connectivity index (χ3v) is 7.22. The number of fused-ring (bicyclic) bond motifs is 1. The van der Waals surface area contributed by atoms with Crippen LogP contribution in [-0.4, -0.2) is 79.9 Å². The van der Waals surface area contributed by atoms with E-state index in [2.05, 4.69) is 17.0 Å². The van der Waals surface area contributed by atoms with E-state index in [0.717, 1.165) is 19.6 Å². The molecule has 3 aromatic carbocycles. The third-order valence-electron chi connectivity index (χ3n) is 7.22. The number of hydrogen-bond donors (Lipinski definition) is 1. The number of esters is 1. The SMILES string of the molecule is CCOC(=O)COc1cc(-c2cc(=O)c3c(O)cc(OCC(=O)N4CCN(Cc5ccccc5)CC4)cc3o2)ccc1OC. The van der Waals surface area contributed by atoms with Crippen LogP contribution in [0.4, 0.5) is 0 Å². The second-order valence-corrected chi connectivity index (χ2v) is 10.2. The molecule has 1 aliphatic rings. The second-order valence-electron chi connectivity index (χ2n) is 10.2. The minimum atomic E-state index is -0.538. The van der Waals surface area contributed by atoms with Crippen molar-refractivity contribution in [3.8, 4) is 34.3 Å². The number of piperazine rings is 1. The zero-order valence-corrected chi connectivity index (χ0v) is 24.6. The number of phenols is 1. The predicted octanol–water partition coefficient (Wildman–Crippen LogP) is 3.84. The van der Waals surface area contributed by atoms with Crippen molar-refractivity contribution in [2.24, 2.45) is 0 Å². The van der Waals surface area contributed by atoms with Gasteiger partial charge in [0.15, 0.2) is 30.1 Å². The first-order chi connectivity index (χ1) is 21.3. The van der Waals surface area contributed by atoms with Gasteiger partial charge in [0.25, 0.3) is 5.91 Å². The summed E-state index contributed by atoms with van der Waals surface area (Å²) in [5.74, 6) is -0.0479. The molecule has 2 heterocycles. The Kier molecular flexibility index (Phi) is 9.65. The summed E-state index contributed by atoms with van der Waals surface area (Å²) in [6, 6.07) is 19.1. The molecule has 0 saturated carbocycles. The lowest BCUT2D eigenvalue weighted by Gasteiger charge is -2.34. The topological polar surface area (TPSA) is 128 Å². The van der Waals surface area contributed by atoms with Gasteiger partial charge in [0.1, 0.15) is 28.2 Å². The second kappa shape index (κ2) is 14.0. The van der Waals surface area contributed by atoms with E-state index in [-0.39, 0.29) is 59.7 Å². The molecule has 0 unspecified atom stereocenters. The monoisotopic (exact) mass is 602 g/mol. The largest absolute Gasteiger partial charge is 0.507 e. The fourth-order valence-corrected chi connectivity index (χ4v) is 4.98. The molecule has 11 nitrogen and oxygen atoms in total. The van der Waals surface area contributed by atoms with Gasteiger partial charge in [-0.05, 0) is 30.7 Å². The molecular formula is C33H34N2O9. The van der Waals surface area contributed by atoms with Crippen LogP contribution in [-0.2, 0) is 20.9 Å². The lowest BCUT2D eigenvalue weighted by atomic mass is 10.1. The molecule has 5 rings (SSSR count). The van der Waals surface area contributed by atoms with Crippen molar-refractivity contribution in [2.75, 3.05) is 53.1 Å². The van der Waals surface area contributed by atoms with E-state index < -0.39 is 11.4 Å². The van der Waals surface area contributed by atoms with Crippen molar-refractivity contribution in [2.45, 2.75) is 13.5 Å². The third kappa shape index (κ3) is 7.30. The summed E-state index contributed by atoms with van der Waals surface area (Å²) in [4.78, 5) is 41.7. The molecule has 1 N–H and O–H groups in total. The Balaban J connectivity index is 1.27. The van der Waals surface area contributed by atoms with Gasteiger partial charge < -0.3 is 33.4 Å². The first kappa shape index (κ1) is 30.4. The van der Waals surface area contributed by atoms with E-state index in [9.17, 15) is 19.5 Å². The number of phenolic OH excluding ortho intramolecular Hbond substituents is 1. The molecule has 0 radical (unpaired) electrons. The summed E-state index contributed by atoms with van der Waals surface area (Å²) in [6.07, 6.45) is 0. The Labute approximate surface area is 254 Å². The van der Waals surface area contributed by atoms with Gasteiger partial charge in [-0.3, -0.25) is 14.5 Å². The Morgan fingerprint density at radius 1 is 0.909 bits per heavy atom. The molecule has 0 atom stereocenters. The van der Waals surface area contributed by atoms with Gasteiger partial charge in [-0.25, -0.2) is 4.79 Å². The van der Waals surface area contributed by atoms with Gasteiger partial charge in [-0.15, -0.1) is 0 Å². The molecule has 44 heavy (non-hydrogen) atoms. The van der Waals surface area contributed by atoms with Crippen LogP contribution < -0.4 is 19.6 Å². The number of amides is 1. The van der Waals surface area contributed by atoms with Crippen LogP contribution in [0.25, 0.3) is 22.3 Å². The van der Waals surface area contributed by atoms with E-state index in [1.54, 1.807) is 30.0 Å². The Bertz CT molecular complexity index is 1680. The van der Waals surface area contributed by atoms with Crippen LogP contribution in [0.3, 0.4) is 0 Å². The van der Waals surface area contributed by atoms with Crippen molar-refractivity contribution >= 4 is 22.8 Å². The summed E-state index contributed by atoms with van der Waals surface area (Å²) in [5.41, 5.74) is 1.31. The van der Waals surface area contributed by atoms with Crippen LogP contribution in [0.15, 0.2) is 75.9 Å². The fourth-order valence-electron chi connectivity index (χ4n) is 4.98. The number of carbonyl (C=O) groups excluding carboxylic acids is 2. The van der Waals surface area contributed by atoms with Gasteiger partial charge in [0.05, 0.1) is 13.7 Å². The van der Waals surface area contributed by atoms with Crippen molar-refractivity contribution in [3.05, 3.63) is 82.5 Å². The average Bonchev–Trinajstić information content (AvgIpc) is 3.03. The Morgan fingerprint density at radius 2 is 1.68 bits per heavy atom. The molecule has 4 aromatic rings. The summed E-state index contributed by atoms with van der Waals surface area (Å²) < 4.78 is 27.5. The highest BCUT2D eigenvalue weighted by molar-refractivity contribution is 5.86. The van der Waals surface area contributed by atoms with Gasteiger partial charge >= 0.3 is 5.97 Å². The number of benzene rings is 3. The van der Waals surface area contributed by atoms with Crippen molar-refractivity contribution in [1.82, 2.24) is 9.80 Å². The number of hydrogen-bond acceptors (Lipinski definition) is 10. The van der Waals surface area contributed by atoms with Crippen molar-refractivity contribution in [1.29, 1.82) is 0 Å². The fraction of sp³-hybridized carbons (Fsp3) is 0.303. The number of nitrogens with zero attached hydrogens (tertiary/aromatic N) is 2. The van der Waals surface area contributed by atoms with E-state index >= 15 is 0 Å². The maximum Gasteiger partial charge on any atom is 0.344 e. The minimum Gasteiger partial charge on any atom is -0.507 e. The molecule has 0 spiro atoms. The summed E-state index contributed by atoms with van der Waals surface area (Å²) in [6.45, 7) is 4.88.